The maximum Gasteiger partial charge on any atom is 0.266 e. The highest BCUT2D eigenvalue weighted by Gasteiger charge is 2.11. The largest absolute Gasteiger partial charge is 0.489 e. The minimum absolute atomic E-state index is 0.0950. The third-order valence-electron chi connectivity index (χ3n) is 3.72. The zero-order chi connectivity index (χ0) is 17.8. The maximum atomic E-state index is 12.0. The standard InChI is InChI=1S/C20H15ClN2O2/c1-13-8-18(19(11-22)20(24)23-13)15-5-3-7-17(10-15)25-12-14-4-2-6-16(21)9-14/h2-10H,12H2,1H3,(H,23,24). The Morgan fingerprint density at radius 2 is 1.96 bits per heavy atom. The summed E-state index contributed by atoms with van der Waals surface area (Å²) in [6, 6.07) is 18.6. The van der Waals surface area contributed by atoms with Gasteiger partial charge in [-0.05, 0) is 48.4 Å². The second-order valence-electron chi connectivity index (χ2n) is 5.63. The van der Waals surface area contributed by atoms with Crippen LogP contribution in [0.4, 0.5) is 0 Å². The van der Waals surface area contributed by atoms with Crippen LogP contribution in [0.1, 0.15) is 16.8 Å². The van der Waals surface area contributed by atoms with E-state index in [0.717, 1.165) is 11.1 Å². The van der Waals surface area contributed by atoms with Crippen LogP contribution in [-0.2, 0) is 6.61 Å². The van der Waals surface area contributed by atoms with Crippen LogP contribution in [0.3, 0.4) is 0 Å². The van der Waals surface area contributed by atoms with Crippen LogP contribution < -0.4 is 10.3 Å². The molecule has 0 aliphatic heterocycles. The first-order chi connectivity index (χ1) is 12.1. The van der Waals surface area contributed by atoms with Gasteiger partial charge in [0.25, 0.3) is 5.56 Å². The predicted octanol–water partition coefficient (Wildman–Crippen LogP) is 4.45. The van der Waals surface area contributed by atoms with Crippen LogP contribution in [0.5, 0.6) is 5.75 Å². The molecule has 0 bridgehead atoms. The van der Waals surface area contributed by atoms with Gasteiger partial charge in [-0.3, -0.25) is 4.79 Å². The van der Waals surface area contributed by atoms with E-state index in [2.05, 4.69) is 4.98 Å². The van der Waals surface area contributed by atoms with E-state index in [4.69, 9.17) is 16.3 Å². The Balaban J connectivity index is 1.90. The second kappa shape index (κ2) is 7.25. The maximum absolute atomic E-state index is 12.0. The quantitative estimate of drug-likeness (QED) is 0.755. The first-order valence-corrected chi connectivity index (χ1v) is 8.06. The van der Waals surface area contributed by atoms with E-state index in [1.165, 1.54) is 0 Å². The van der Waals surface area contributed by atoms with Crippen molar-refractivity contribution in [3.63, 3.8) is 0 Å². The van der Waals surface area contributed by atoms with Crippen LogP contribution in [0.15, 0.2) is 59.4 Å². The van der Waals surface area contributed by atoms with E-state index < -0.39 is 0 Å². The van der Waals surface area contributed by atoms with Gasteiger partial charge in [-0.1, -0.05) is 35.9 Å². The molecule has 0 saturated carbocycles. The fourth-order valence-corrected chi connectivity index (χ4v) is 2.79. The summed E-state index contributed by atoms with van der Waals surface area (Å²) in [5.41, 5.74) is 2.72. The SMILES string of the molecule is Cc1cc(-c2cccc(OCc3cccc(Cl)c3)c2)c(C#N)c(=O)[nH]1. The first kappa shape index (κ1) is 16.8. The number of hydrogen-bond donors (Lipinski definition) is 1. The van der Waals surface area contributed by atoms with Gasteiger partial charge in [0.15, 0.2) is 0 Å². The number of halogens is 1. The van der Waals surface area contributed by atoms with Gasteiger partial charge in [0.05, 0.1) is 0 Å². The molecule has 2 aromatic carbocycles. The molecule has 0 amide bonds. The summed E-state index contributed by atoms with van der Waals surface area (Å²) in [7, 11) is 0. The zero-order valence-corrected chi connectivity index (χ0v) is 14.3. The van der Waals surface area contributed by atoms with E-state index in [1.54, 1.807) is 13.0 Å². The number of aryl methyl sites for hydroxylation is 1. The van der Waals surface area contributed by atoms with Crippen LogP contribution in [-0.4, -0.2) is 4.98 Å². The molecule has 25 heavy (non-hydrogen) atoms. The van der Waals surface area contributed by atoms with Crippen molar-refractivity contribution in [3.05, 3.63) is 86.8 Å². The summed E-state index contributed by atoms with van der Waals surface area (Å²) in [5.74, 6) is 0.652. The smallest absolute Gasteiger partial charge is 0.266 e. The molecule has 1 N–H and O–H groups in total. The number of pyridine rings is 1. The molecule has 5 heteroatoms. The van der Waals surface area contributed by atoms with Gasteiger partial charge in [0.2, 0.25) is 0 Å². The lowest BCUT2D eigenvalue weighted by Crippen LogP contribution is -2.12. The summed E-state index contributed by atoms with van der Waals surface area (Å²) in [6.45, 7) is 2.16. The van der Waals surface area contributed by atoms with Crippen LogP contribution in [0, 0.1) is 18.3 Å². The summed E-state index contributed by atoms with van der Waals surface area (Å²) in [4.78, 5) is 14.6. The van der Waals surface area contributed by atoms with E-state index in [1.807, 2.05) is 54.6 Å². The molecule has 0 spiro atoms. The van der Waals surface area contributed by atoms with Gasteiger partial charge < -0.3 is 9.72 Å². The fraction of sp³-hybridized carbons (Fsp3) is 0.100. The van der Waals surface area contributed by atoms with Gasteiger partial charge in [0.1, 0.15) is 24.0 Å². The Bertz CT molecular complexity index is 1020. The Kier molecular flexibility index (Phi) is 4.87. The Labute approximate surface area is 150 Å². The number of rotatable bonds is 4. The van der Waals surface area contributed by atoms with Crippen molar-refractivity contribution < 1.29 is 4.74 Å². The number of nitrogens with zero attached hydrogens (tertiary/aromatic N) is 1. The van der Waals surface area contributed by atoms with Gasteiger partial charge in [0, 0.05) is 16.3 Å². The second-order valence-corrected chi connectivity index (χ2v) is 6.06. The monoisotopic (exact) mass is 350 g/mol. The molecule has 4 nitrogen and oxygen atoms in total. The number of nitriles is 1. The molecule has 0 saturated heterocycles. The molecular weight excluding hydrogens is 336 g/mol. The van der Waals surface area contributed by atoms with E-state index in [9.17, 15) is 10.1 Å². The molecule has 3 rings (SSSR count). The topological polar surface area (TPSA) is 65.9 Å². The normalized spacial score (nSPS) is 10.3. The van der Waals surface area contributed by atoms with Crippen LogP contribution in [0.2, 0.25) is 5.02 Å². The van der Waals surface area contributed by atoms with Crippen molar-refractivity contribution >= 4 is 11.6 Å². The Hall–Kier alpha value is -3.03. The molecule has 124 valence electrons. The summed E-state index contributed by atoms with van der Waals surface area (Å²) >= 11 is 5.98. The lowest BCUT2D eigenvalue weighted by atomic mass is 10.0. The van der Waals surface area contributed by atoms with Crippen molar-refractivity contribution in [2.24, 2.45) is 0 Å². The number of hydrogen-bond acceptors (Lipinski definition) is 3. The van der Waals surface area contributed by atoms with E-state index in [-0.39, 0.29) is 11.1 Å². The van der Waals surface area contributed by atoms with Crippen molar-refractivity contribution in [2.45, 2.75) is 13.5 Å². The zero-order valence-electron chi connectivity index (χ0n) is 13.5. The van der Waals surface area contributed by atoms with Gasteiger partial charge in [-0.25, -0.2) is 0 Å². The summed E-state index contributed by atoms with van der Waals surface area (Å²) in [5, 5.41) is 9.94. The Morgan fingerprint density at radius 3 is 2.72 bits per heavy atom. The first-order valence-electron chi connectivity index (χ1n) is 7.68. The lowest BCUT2D eigenvalue weighted by Gasteiger charge is -2.10. The highest BCUT2D eigenvalue weighted by Crippen LogP contribution is 2.26. The lowest BCUT2D eigenvalue weighted by molar-refractivity contribution is 0.306. The third kappa shape index (κ3) is 3.90. The van der Waals surface area contributed by atoms with Gasteiger partial charge in [-0.2, -0.15) is 5.26 Å². The van der Waals surface area contributed by atoms with Crippen molar-refractivity contribution in [1.29, 1.82) is 5.26 Å². The number of benzene rings is 2. The number of aromatic nitrogens is 1. The highest BCUT2D eigenvalue weighted by atomic mass is 35.5. The number of nitrogens with one attached hydrogen (secondary N) is 1. The molecule has 0 radical (unpaired) electrons. The number of aromatic amines is 1. The molecule has 0 aliphatic rings. The minimum Gasteiger partial charge on any atom is -0.489 e. The Morgan fingerprint density at radius 1 is 1.16 bits per heavy atom. The van der Waals surface area contributed by atoms with Crippen molar-refractivity contribution in [1.82, 2.24) is 4.98 Å². The fourth-order valence-electron chi connectivity index (χ4n) is 2.57. The van der Waals surface area contributed by atoms with Crippen LogP contribution in [0.25, 0.3) is 11.1 Å². The summed E-state index contributed by atoms with van der Waals surface area (Å²) < 4.78 is 5.82. The average molecular weight is 351 g/mol. The molecule has 0 fully saturated rings. The predicted molar refractivity (Wildman–Crippen MR) is 97.7 cm³/mol. The van der Waals surface area contributed by atoms with Gasteiger partial charge in [-0.15, -0.1) is 0 Å². The van der Waals surface area contributed by atoms with E-state index >= 15 is 0 Å². The van der Waals surface area contributed by atoms with Crippen molar-refractivity contribution in [2.75, 3.05) is 0 Å². The molecule has 0 atom stereocenters. The molecular formula is C20H15ClN2O2. The molecule has 1 heterocycles. The molecule has 0 unspecified atom stereocenters. The molecule has 0 aliphatic carbocycles. The van der Waals surface area contributed by atoms with Crippen LogP contribution >= 0.6 is 11.6 Å². The molecule has 3 aromatic rings. The van der Waals surface area contributed by atoms with E-state index in [0.29, 0.717) is 28.6 Å². The summed E-state index contributed by atoms with van der Waals surface area (Å²) in [6.07, 6.45) is 0. The average Bonchev–Trinajstić information content (AvgIpc) is 2.60. The van der Waals surface area contributed by atoms with Gasteiger partial charge >= 0.3 is 0 Å². The third-order valence-corrected chi connectivity index (χ3v) is 3.95. The molecule has 1 aromatic heterocycles. The highest BCUT2D eigenvalue weighted by molar-refractivity contribution is 6.30. The minimum atomic E-state index is -0.386. The number of H-pyrrole nitrogens is 1. The van der Waals surface area contributed by atoms with Crippen molar-refractivity contribution in [3.8, 4) is 22.9 Å². The number of ether oxygens (including phenoxy) is 1.